The topological polar surface area (TPSA) is 106 Å². The number of hydrogen-bond acceptors (Lipinski definition) is 6. The van der Waals surface area contributed by atoms with Crippen molar-refractivity contribution in [1.29, 1.82) is 0 Å². The number of fused-ring (bicyclic) bond motifs is 4. The minimum atomic E-state index is 0. The van der Waals surface area contributed by atoms with Crippen LogP contribution in [0.1, 0.15) is 11.1 Å². The predicted octanol–water partition coefficient (Wildman–Crippen LogP) is 9.99. The minimum Gasteiger partial charge on any atom is -0.507 e. The van der Waals surface area contributed by atoms with Crippen LogP contribution in [-0.2, 0) is 17.1 Å². The molecule has 253 valence electrons. The maximum Gasteiger partial charge on any atom is 0.132 e. The van der Waals surface area contributed by atoms with Gasteiger partial charge < -0.3 is 20.4 Å². The summed E-state index contributed by atoms with van der Waals surface area (Å²) in [6.07, 6.45) is 3.27. The van der Waals surface area contributed by atoms with Crippen molar-refractivity contribution in [2.24, 2.45) is 9.98 Å². The van der Waals surface area contributed by atoms with Gasteiger partial charge in [-0.15, -0.1) is 0 Å². The Hall–Kier alpha value is -6.14. The number of hydrogen-bond donors (Lipinski definition) is 4. The first-order valence-electron chi connectivity index (χ1n) is 16.4. The Kier molecular flexibility index (Phi) is 9.16. The van der Waals surface area contributed by atoms with E-state index < -0.39 is 0 Å². The van der Waals surface area contributed by atoms with Gasteiger partial charge >= 0.3 is 0 Å². The fourth-order valence-corrected chi connectivity index (χ4v) is 6.91. The second kappa shape index (κ2) is 14.0. The van der Waals surface area contributed by atoms with Crippen molar-refractivity contribution in [2.75, 3.05) is 13.1 Å². The molecule has 0 fully saturated rings. The molecular formula is C44H32CuN2O4. The van der Waals surface area contributed by atoms with Crippen molar-refractivity contribution in [3.63, 3.8) is 0 Å². The van der Waals surface area contributed by atoms with Gasteiger partial charge in [-0.3, -0.25) is 9.98 Å². The van der Waals surface area contributed by atoms with Crippen LogP contribution in [0.5, 0.6) is 23.0 Å². The summed E-state index contributed by atoms with van der Waals surface area (Å²) in [5.74, 6) is 0.243. The second-order valence-corrected chi connectivity index (χ2v) is 12.3. The average Bonchev–Trinajstić information content (AvgIpc) is 3.14. The van der Waals surface area contributed by atoms with Gasteiger partial charge in [-0.25, -0.2) is 0 Å². The molecule has 4 N–H and O–H groups in total. The van der Waals surface area contributed by atoms with Gasteiger partial charge in [0.15, 0.2) is 0 Å². The van der Waals surface area contributed by atoms with E-state index in [9.17, 15) is 20.4 Å². The zero-order valence-corrected chi connectivity index (χ0v) is 28.2. The third-order valence-corrected chi connectivity index (χ3v) is 9.24. The molecule has 7 heteroatoms. The Labute approximate surface area is 304 Å². The average molecular weight is 716 g/mol. The molecule has 0 heterocycles. The van der Waals surface area contributed by atoms with E-state index in [-0.39, 0.29) is 40.1 Å². The predicted molar refractivity (Wildman–Crippen MR) is 205 cm³/mol. The summed E-state index contributed by atoms with van der Waals surface area (Å²) >= 11 is 0. The van der Waals surface area contributed by atoms with Gasteiger partial charge in [0.2, 0.25) is 0 Å². The van der Waals surface area contributed by atoms with E-state index in [0.29, 0.717) is 46.5 Å². The maximum atomic E-state index is 11.6. The van der Waals surface area contributed by atoms with Crippen molar-refractivity contribution in [1.82, 2.24) is 0 Å². The standard InChI is InChI=1S/C44H32N2O4.Cu/c47-37-19-17-27-9-1-5-13-33(27)39(37)41-35-15-7-3-11-29(35)23-31(43(41)49)25-45-21-22-46-26-32-24-30-12-4-8-16-36(30)42(44(32)50)40-34-14-6-2-10-28(34)18-20-38(40)48;/h1-20,23-26,47-50H,21-22H2;. The summed E-state index contributed by atoms with van der Waals surface area (Å²) in [5, 5.41) is 52.4. The van der Waals surface area contributed by atoms with E-state index in [0.717, 1.165) is 43.1 Å². The molecule has 0 aliphatic heterocycles. The summed E-state index contributed by atoms with van der Waals surface area (Å²) in [6.45, 7) is 0.672. The Morgan fingerprint density at radius 2 is 0.725 bits per heavy atom. The molecule has 0 aromatic heterocycles. The fraction of sp³-hybridized carbons (Fsp3) is 0.0455. The summed E-state index contributed by atoms with van der Waals surface area (Å²) < 4.78 is 0. The van der Waals surface area contributed by atoms with Gasteiger partial charge in [0.1, 0.15) is 23.0 Å². The quantitative estimate of drug-likeness (QED) is 0.0749. The van der Waals surface area contributed by atoms with Crippen molar-refractivity contribution in [3.8, 4) is 45.3 Å². The molecule has 0 unspecified atom stereocenters. The Bertz CT molecular complexity index is 2480. The normalized spacial score (nSPS) is 11.7. The van der Waals surface area contributed by atoms with E-state index >= 15 is 0 Å². The first-order chi connectivity index (χ1) is 24.5. The Morgan fingerprint density at radius 3 is 1.12 bits per heavy atom. The van der Waals surface area contributed by atoms with Crippen LogP contribution in [0.2, 0.25) is 0 Å². The number of aliphatic imine (C=N–C) groups is 2. The van der Waals surface area contributed by atoms with Gasteiger partial charge in [0, 0.05) is 62.9 Å². The molecule has 1 radical (unpaired) electrons. The molecule has 8 aromatic carbocycles. The molecule has 8 rings (SSSR count). The molecule has 51 heavy (non-hydrogen) atoms. The maximum absolute atomic E-state index is 11.6. The van der Waals surface area contributed by atoms with Crippen molar-refractivity contribution < 1.29 is 37.5 Å². The van der Waals surface area contributed by atoms with Crippen molar-refractivity contribution in [3.05, 3.63) is 145 Å². The van der Waals surface area contributed by atoms with Crippen LogP contribution in [0.3, 0.4) is 0 Å². The molecule has 0 saturated heterocycles. The van der Waals surface area contributed by atoms with Gasteiger partial charge in [-0.2, -0.15) is 0 Å². The van der Waals surface area contributed by atoms with Gasteiger partial charge in [-0.1, -0.05) is 109 Å². The largest absolute Gasteiger partial charge is 0.507 e. The molecule has 0 aliphatic carbocycles. The number of aromatic hydroxyl groups is 4. The van der Waals surface area contributed by atoms with Crippen LogP contribution in [0.4, 0.5) is 0 Å². The number of benzene rings is 8. The van der Waals surface area contributed by atoms with Gasteiger partial charge in [0.25, 0.3) is 0 Å². The fourth-order valence-electron chi connectivity index (χ4n) is 6.91. The number of phenols is 4. The van der Waals surface area contributed by atoms with Crippen LogP contribution >= 0.6 is 0 Å². The van der Waals surface area contributed by atoms with Crippen LogP contribution in [0.15, 0.2) is 143 Å². The molecule has 8 aromatic rings. The van der Waals surface area contributed by atoms with Crippen LogP contribution in [0.25, 0.3) is 65.3 Å². The summed E-state index contributed by atoms with van der Waals surface area (Å²) in [4.78, 5) is 9.17. The van der Waals surface area contributed by atoms with E-state index in [1.165, 1.54) is 0 Å². The molecule has 0 aliphatic rings. The zero-order valence-electron chi connectivity index (χ0n) is 27.3. The van der Waals surface area contributed by atoms with Crippen LogP contribution in [0, 0.1) is 0 Å². The summed E-state index contributed by atoms with van der Waals surface area (Å²) in [7, 11) is 0. The third kappa shape index (κ3) is 6.03. The molecule has 0 amide bonds. The second-order valence-electron chi connectivity index (χ2n) is 12.3. The number of phenolic OH excluding ortho intramolecular Hbond substituents is 4. The molecule has 0 bridgehead atoms. The zero-order chi connectivity index (χ0) is 34.2. The number of nitrogens with zero attached hydrogens (tertiary/aromatic N) is 2. The molecular weight excluding hydrogens is 684 g/mol. The van der Waals surface area contributed by atoms with Gasteiger partial charge in [-0.05, 0) is 67.4 Å². The van der Waals surface area contributed by atoms with Crippen molar-refractivity contribution >= 4 is 55.5 Å². The SMILES string of the molecule is Oc1ccc2ccccc2c1-c1c(O)c(C=NCCN=Cc2cc3ccccc3c(-c3c(O)ccc4ccccc34)c2O)cc2ccccc12.[Cu]. The summed E-state index contributed by atoms with van der Waals surface area (Å²) in [5.41, 5.74) is 3.31. The molecule has 0 atom stereocenters. The molecule has 0 saturated carbocycles. The van der Waals surface area contributed by atoms with Gasteiger partial charge in [0.05, 0.1) is 13.1 Å². The monoisotopic (exact) mass is 715 g/mol. The number of rotatable bonds is 7. The van der Waals surface area contributed by atoms with E-state index in [1.54, 1.807) is 24.6 Å². The van der Waals surface area contributed by atoms with E-state index in [1.807, 2.05) is 121 Å². The smallest absolute Gasteiger partial charge is 0.132 e. The summed E-state index contributed by atoms with van der Waals surface area (Å²) in [6, 6.07) is 42.0. The van der Waals surface area contributed by atoms with Crippen LogP contribution in [-0.4, -0.2) is 45.9 Å². The third-order valence-electron chi connectivity index (χ3n) is 9.24. The Morgan fingerprint density at radius 1 is 0.392 bits per heavy atom. The first kappa shape index (κ1) is 33.4. The first-order valence-corrected chi connectivity index (χ1v) is 16.4. The van der Waals surface area contributed by atoms with Crippen LogP contribution < -0.4 is 0 Å². The Balaban J connectivity index is 0.00000406. The van der Waals surface area contributed by atoms with Crippen molar-refractivity contribution in [2.45, 2.75) is 0 Å². The van der Waals surface area contributed by atoms with E-state index in [4.69, 9.17) is 0 Å². The van der Waals surface area contributed by atoms with E-state index in [2.05, 4.69) is 9.98 Å². The minimum absolute atomic E-state index is 0. The molecule has 0 spiro atoms. The molecule has 6 nitrogen and oxygen atoms in total.